The van der Waals surface area contributed by atoms with Crippen LogP contribution in [-0.2, 0) is 21.9 Å². The van der Waals surface area contributed by atoms with Gasteiger partial charge in [0, 0.05) is 20.1 Å². The normalized spacial score (nSPS) is 13.9. The average Bonchev–Trinajstić information content (AvgIpc) is 3.14. The second-order valence-electron chi connectivity index (χ2n) is 8.52. The lowest BCUT2D eigenvalue weighted by Gasteiger charge is -2.30. The molecule has 184 valence electrons. The second kappa shape index (κ2) is 9.95. The molecule has 1 aliphatic heterocycles. The van der Waals surface area contributed by atoms with Crippen molar-refractivity contribution in [2.24, 2.45) is 7.05 Å². The molecule has 35 heavy (non-hydrogen) atoms. The van der Waals surface area contributed by atoms with E-state index < -0.39 is 10.0 Å². The Balaban J connectivity index is 1.63. The minimum Gasteiger partial charge on any atom is -0.497 e. The smallest absolute Gasteiger partial charge is 0.268 e. The van der Waals surface area contributed by atoms with Crippen LogP contribution in [-0.4, -0.2) is 55.7 Å². The molecule has 0 N–H and O–H groups in total. The molecule has 4 rings (SSSR count). The molecule has 0 saturated heterocycles. The predicted octanol–water partition coefficient (Wildman–Crippen LogP) is 3.56. The van der Waals surface area contributed by atoms with E-state index in [1.807, 2.05) is 24.3 Å². The van der Waals surface area contributed by atoms with E-state index in [-0.39, 0.29) is 17.3 Å². The fraction of sp³-hybridized carbons (Fsp3) is 0.308. The highest BCUT2D eigenvalue weighted by molar-refractivity contribution is 7.93. The molecule has 3 aromatic rings. The van der Waals surface area contributed by atoms with Gasteiger partial charge in [-0.05, 0) is 55.7 Å². The molecule has 2 heterocycles. The maximum atomic E-state index is 13.9. The van der Waals surface area contributed by atoms with Crippen LogP contribution in [0.15, 0.2) is 65.6 Å². The number of carbonyl (C=O) groups excluding carboxylic acids is 1. The Kier molecular flexibility index (Phi) is 6.98. The Hall–Kier alpha value is -3.59. The highest BCUT2D eigenvalue weighted by Crippen LogP contribution is 2.30. The molecular weight excluding hydrogens is 464 g/mol. The van der Waals surface area contributed by atoms with E-state index >= 15 is 0 Å². The largest absolute Gasteiger partial charge is 0.497 e. The lowest BCUT2D eigenvalue weighted by molar-refractivity contribution is -0.129. The summed E-state index contributed by atoms with van der Waals surface area (Å²) >= 11 is 0. The van der Waals surface area contributed by atoms with Crippen LogP contribution in [0.2, 0.25) is 0 Å². The van der Waals surface area contributed by atoms with Crippen LogP contribution in [0.1, 0.15) is 23.4 Å². The molecule has 0 spiro atoms. The number of hydrogen-bond acceptors (Lipinski definition) is 5. The summed E-state index contributed by atoms with van der Waals surface area (Å²) < 4.78 is 35.6. The molecule has 1 amide bonds. The van der Waals surface area contributed by atoms with E-state index in [0.29, 0.717) is 42.3 Å². The lowest BCUT2D eigenvalue weighted by Crippen LogP contribution is -2.44. The van der Waals surface area contributed by atoms with Gasteiger partial charge in [0.05, 0.1) is 24.2 Å². The van der Waals surface area contributed by atoms with Gasteiger partial charge in [0.1, 0.15) is 17.2 Å². The van der Waals surface area contributed by atoms with Gasteiger partial charge in [-0.15, -0.1) is 0 Å². The van der Waals surface area contributed by atoms with Gasteiger partial charge in [0.15, 0.2) is 0 Å². The molecule has 0 radical (unpaired) electrons. The van der Waals surface area contributed by atoms with Crippen LogP contribution in [0.5, 0.6) is 5.75 Å². The SMILES string of the molecule is COc1ccc(N(CC(=O)N2CC=C(c3ccccc3)CC2)S(=O)(=O)c2c(C)nn(C)c2C)cc1. The number of aromatic nitrogens is 2. The summed E-state index contributed by atoms with van der Waals surface area (Å²) in [6.45, 7) is 4.03. The topological polar surface area (TPSA) is 84.7 Å². The fourth-order valence-corrected chi connectivity index (χ4v) is 6.15. The molecule has 9 heteroatoms. The van der Waals surface area contributed by atoms with Gasteiger partial charge in [-0.25, -0.2) is 8.42 Å². The molecular formula is C26H30N4O4S. The summed E-state index contributed by atoms with van der Waals surface area (Å²) in [6.07, 6.45) is 2.75. The highest BCUT2D eigenvalue weighted by atomic mass is 32.2. The molecule has 8 nitrogen and oxygen atoms in total. The van der Waals surface area contributed by atoms with Crippen LogP contribution < -0.4 is 9.04 Å². The second-order valence-corrected chi connectivity index (χ2v) is 10.3. The van der Waals surface area contributed by atoms with Gasteiger partial charge >= 0.3 is 0 Å². The van der Waals surface area contributed by atoms with Gasteiger partial charge in [0.2, 0.25) is 5.91 Å². The number of ether oxygens (including phenoxy) is 1. The van der Waals surface area contributed by atoms with Crippen LogP contribution in [0, 0.1) is 13.8 Å². The molecule has 1 aromatic heterocycles. The maximum Gasteiger partial charge on any atom is 0.268 e. The molecule has 0 saturated carbocycles. The minimum absolute atomic E-state index is 0.119. The molecule has 0 bridgehead atoms. The molecule has 1 aliphatic rings. The fourth-order valence-electron chi connectivity index (χ4n) is 4.33. The molecule has 0 aliphatic carbocycles. The number of hydrogen-bond donors (Lipinski definition) is 0. The van der Waals surface area contributed by atoms with Crippen molar-refractivity contribution in [3.05, 3.63) is 77.6 Å². The zero-order valence-electron chi connectivity index (χ0n) is 20.4. The van der Waals surface area contributed by atoms with Crippen LogP contribution in [0.4, 0.5) is 5.69 Å². The summed E-state index contributed by atoms with van der Waals surface area (Å²) in [7, 11) is -0.808. The highest BCUT2D eigenvalue weighted by Gasteiger charge is 2.33. The third kappa shape index (κ3) is 4.95. The van der Waals surface area contributed by atoms with E-state index in [2.05, 4.69) is 17.2 Å². The first-order valence-electron chi connectivity index (χ1n) is 11.4. The van der Waals surface area contributed by atoms with E-state index in [1.165, 1.54) is 14.6 Å². The van der Waals surface area contributed by atoms with Crippen molar-refractivity contribution in [1.82, 2.24) is 14.7 Å². The van der Waals surface area contributed by atoms with Crippen LogP contribution in [0.3, 0.4) is 0 Å². The summed E-state index contributed by atoms with van der Waals surface area (Å²) in [5.41, 5.74) is 3.63. The van der Waals surface area contributed by atoms with Crippen molar-refractivity contribution < 1.29 is 17.9 Å². The van der Waals surface area contributed by atoms with Gasteiger partial charge < -0.3 is 9.64 Å². The molecule has 2 aromatic carbocycles. The van der Waals surface area contributed by atoms with E-state index in [1.54, 1.807) is 57.2 Å². The summed E-state index contributed by atoms with van der Waals surface area (Å²) in [6, 6.07) is 16.7. The number of nitrogens with zero attached hydrogens (tertiary/aromatic N) is 4. The summed E-state index contributed by atoms with van der Waals surface area (Å²) in [5, 5.41) is 4.27. The minimum atomic E-state index is -4.06. The quantitative estimate of drug-likeness (QED) is 0.502. The number of anilines is 1. The van der Waals surface area contributed by atoms with Gasteiger partial charge in [-0.2, -0.15) is 5.10 Å². The van der Waals surface area contributed by atoms with Crippen molar-refractivity contribution in [2.45, 2.75) is 25.2 Å². The number of aryl methyl sites for hydroxylation is 2. The van der Waals surface area contributed by atoms with Gasteiger partial charge in [-0.3, -0.25) is 13.8 Å². The predicted molar refractivity (Wildman–Crippen MR) is 136 cm³/mol. The number of benzene rings is 2. The standard InChI is InChI=1S/C26H30N4O4S/c1-19-26(20(2)28(3)27-19)35(32,33)30(23-10-12-24(34-4)13-11-23)18-25(31)29-16-14-22(15-17-29)21-8-6-5-7-9-21/h5-14H,15-18H2,1-4H3. The van der Waals surface area contributed by atoms with Crippen molar-refractivity contribution in [3.8, 4) is 5.75 Å². The number of amides is 1. The van der Waals surface area contributed by atoms with E-state index in [0.717, 1.165) is 5.56 Å². The first kappa shape index (κ1) is 24.5. The number of methoxy groups -OCH3 is 1. The van der Waals surface area contributed by atoms with E-state index in [4.69, 9.17) is 4.74 Å². The molecule has 0 fully saturated rings. The van der Waals surface area contributed by atoms with Crippen LogP contribution >= 0.6 is 0 Å². The Morgan fingerprint density at radius 3 is 2.31 bits per heavy atom. The Morgan fingerprint density at radius 1 is 1.09 bits per heavy atom. The van der Waals surface area contributed by atoms with Crippen molar-refractivity contribution >= 4 is 27.2 Å². The van der Waals surface area contributed by atoms with Crippen LogP contribution in [0.25, 0.3) is 5.57 Å². The van der Waals surface area contributed by atoms with Gasteiger partial charge in [0.25, 0.3) is 10.0 Å². The van der Waals surface area contributed by atoms with Crippen molar-refractivity contribution in [3.63, 3.8) is 0 Å². The number of rotatable bonds is 7. The Morgan fingerprint density at radius 2 is 1.77 bits per heavy atom. The maximum absolute atomic E-state index is 13.9. The number of sulfonamides is 1. The zero-order chi connectivity index (χ0) is 25.2. The summed E-state index contributed by atoms with van der Waals surface area (Å²) in [4.78, 5) is 15.2. The first-order chi connectivity index (χ1) is 16.7. The average molecular weight is 495 g/mol. The van der Waals surface area contributed by atoms with Crippen molar-refractivity contribution in [2.75, 3.05) is 31.0 Å². The third-order valence-corrected chi connectivity index (χ3v) is 8.36. The molecule has 0 unspecified atom stereocenters. The Bertz CT molecular complexity index is 1350. The number of carbonyl (C=O) groups is 1. The zero-order valence-corrected chi connectivity index (χ0v) is 21.2. The first-order valence-corrected chi connectivity index (χ1v) is 12.9. The lowest BCUT2D eigenvalue weighted by atomic mass is 9.99. The molecule has 0 atom stereocenters. The van der Waals surface area contributed by atoms with Crippen molar-refractivity contribution in [1.29, 1.82) is 0 Å². The summed E-state index contributed by atoms with van der Waals surface area (Å²) in [5.74, 6) is 0.340. The van der Waals surface area contributed by atoms with Gasteiger partial charge in [-0.1, -0.05) is 36.4 Å². The monoisotopic (exact) mass is 494 g/mol. The Labute approximate surface area is 206 Å². The van der Waals surface area contributed by atoms with E-state index in [9.17, 15) is 13.2 Å². The third-order valence-electron chi connectivity index (χ3n) is 6.34.